The first kappa shape index (κ1) is 19.2. The minimum atomic E-state index is -0.129. The first-order chi connectivity index (χ1) is 14.0. The highest BCUT2D eigenvalue weighted by Gasteiger charge is 2.16. The van der Waals surface area contributed by atoms with Crippen LogP contribution in [-0.4, -0.2) is 21.1 Å². The van der Waals surface area contributed by atoms with Crippen LogP contribution < -0.4 is 5.56 Å². The average Bonchev–Trinajstić information content (AvgIpc) is 2.72. The van der Waals surface area contributed by atoms with Crippen molar-refractivity contribution in [1.82, 2.24) is 9.55 Å². The molecule has 1 aromatic heterocycles. The van der Waals surface area contributed by atoms with Crippen molar-refractivity contribution < 1.29 is 4.79 Å². The summed E-state index contributed by atoms with van der Waals surface area (Å²) in [6.45, 7) is 4.00. The fourth-order valence-electron chi connectivity index (χ4n) is 3.35. The second kappa shape index (κ2) is 8.05. The first-order valence-corrected chi connectivity index (χ1v) is 10.3. The Hall–Kier alpha value is -3.18. The van der Waals surface area contributed by atoms with Crippen LogP contribution in [0.4, 0.5) is 0 Å². The molecule has 0 atom stereocenters. The van der Waals surface area contributed by atoms with Gasteiger partial charge >= 0.3 is 0 Å². The average molecular weight is 401 g/mol. The van der Waals surface area contributed by atoms with E-state index in [1.165, 1.54) is 11.8 Å². The van der Waals surface area contributed by atoms with E-state index in [2.05, 4.69) is 6.07 Å². The molecule has 0 radical (unpaired) electrons. The van der Waals surface area contributed by atoms with Crippen LogP contribution in [0.2, 0.25) is 0 Å². The van der Waals surface area contributed by atoms with Gasteiger partial charge in [-0.15, -0.1) is 0 Å². The minimum absolute atomic E-state index is 0.00461. The molecule has 1 heterocycles. The van der Waals surface area contributed by atoms with Crippen LogP contribution >= 0.6 is 11.8 Å². The van der Waals surface area contributed by atoms with Crippen LogP contribution in [0, 0.1) is 13.8 Å². The third-order valence-corrected chi connectivity index (χ3v) is 5.58. The number of aryl methyl sites for hydroxylation is 2. The highest BCUT2D eigenvalue weighted by atomic mass is 32.2. The number of hydrogen-bond acceptors (Lipinski definition) is 4. The lowest BCUT2D eigenvalue weighted by atomic mass is 10.1. The van der Waals surface area contributed by atoms with Gasteiger partial charge in [-0.2, -0.15) is 0 Å². The van der Waals surface area contributed by atoms with Crippen molar-refractivity contribution >= 4 is 28.4 Å². The molecule has 0 saturated heterocycles. The van der Waals surface area contributed by atoms with E-state index in [0.717, 1.165) is 16.8 Å². The second-order valence-corrected chi connectivity index (χ2v) is 7.92. The second-order valence-electron chi connectivity index (χ2n) is 6.98. The predicted octanol–water partition coefficient (Wildman–Crippen LogP) is 4.98. The molecule has 0 amide bonds. The number of thioether (sulfide) groups is 1. The summed E-state index contributed by atoms with van der Waals surface area (Å²) in [6, 6.07) is 22.5. The SMILES string of the molecule is Cc1cc(C)cc(-n2c(SCC(=O)c3ccccc3)nc3ccccc3c2=O)c1. The number of carbonyl (C=O) groups excluding carboxylic acids is 1. The number of rotatable bonds is 5. The Balaban J connectivity index is 1.81. The first-order valence-electron chi connectivity index (χ1n) is 9.34. The number of fused-ring (bicyclic) bond motifs is 1. The summed E-state index contributed by atoms with van der Waals surface area (Å²) in [6.07, 6.45) is 0. The van der Waals surface area contributed by atoms with E-state index in [1.54, 1.807) is 22.8 Å². The molecular weight excluding hydrogens is 380 g/mol. The number of carbonyl (C=O) groups is 1. The van der Waals surface area contributed by atoms with E-state index in [4.69, 9.17) is 4.98 Å². The Kier molecular flexibility index (Phi) is 5.32. The molecule has 0 fully saturated rings. The highest BCUT2D eigenvalue weighted by Crippen LogP contribution is 2.23. The topological polar surface area (TPSA) is 52.0 Å². The number of Topliss-reactive ketones (excluding diaryl/α,β-unsaturated/α-hetero) is 1. The molecule has 0 aliphatic carbocycles. The zero-order valence-corrected chi connectivity index (χ0v) is 17.1. The van der Waals surface area contributed by atoms with Gasteiger partial charge in [0.05, 0.1) is 22.3 Å². The predicted molar refractivity (Wildman–Crippen MR) is 118 cm³/mol. The van der Waals surface area contributed by atoms with E-state index in [0.29, 0.717) is 21.6 Å². The maximum absolute atomic E-state index is 13.3. The van der Waals surface area contributed by atoms with Crippen molar-refractivity contribution in [2.24, 2.45) is 0 Å². The van der Waals surface area contributed by atoms with Crippen molar-refractivity contribution in [2.45, 2.75) is 19.0 Å². The number of ketones is 1. The Morgan fingerprint density at radius 1 is 0.931 bits per heavy atom. The van der Waals surface area contributed by atoms with Crippen molar-refractivity contribution in [1.29, 1.82) is 0 Å². The van der Waals surface area contributed by atoms with E-state index < -0.39 is 0 Å². The lowest BCUT2D eigenvalue weighted by Crippen LogP contribution is -2.22. The Morgan fingerprint density at radius 3 is 2.31 bits per heavy atom. The molecule has 4 rings (SSSR count). The van der Waals surface area contributed by atoms with Crippen LogP contribution in [-0.2, 0) is 0 Å². The minimum Gasteiger partial charge on any atom is -0.293 e. The molecule has 4 nitrogen and oxygen atoms in total. The molecule has 0 aliphatic rings. The molecule has 4 aromatic rings. The molecular formula is C24H20N2O2S. The lowest BCUT2D eigenvalue weighted by molar-refractivity contribution is 0.102. The molecule has 0 bridgehead atoms. The van der Waals surface area contributed by atoms with Gasteiger partial charge < -0.3 is 0 Å². The molecule has 144 valence electrons. The number of para-hydroxylation sites is 1. The zero-order chi connectivity index (χ0) is 20.4. The summed E-state index contributed by atoms with van der Waals surface area (Å²) in [5.74, 6) is 0.213. The molecule has 0 N–H and O–H groups in total. The van der Waals surface area contributed by atoms with E-state index >= 15 is 0 Å². The van der Waals surface area contributed by atoms with Gasteiger partial charge in [0, 0.05) is 5.56 Å². The Bertz CT molecular complexity index is 1240. The van der Waals surface area contributed by atoms with Crippen molar-refractivity contribution in [3.63, 3.8) is 0 Å². The van der Waals surface area contributed by atoms with E-state index in [9.17, 15) is 9.59 Å². The summed E-state index contributed by atoms with van der Waals surface area (Å²) < 4.78 is 1.62. The molecule has 29 heavy (non-hydrogen) atoms. The van der Waals surface area contributed by atoms with E-state index in [-0.39, 0.29) is 17.1 Å². The summed E-state index contributed by atoms with van der Waals surface area (Å²) in [7, 11) is 0. The van der Waals surface area contributed by atoms with Crippen LogP contribution in [0.25, 0.3) is 16.6 Å². The van der Waals surface area contributed by atoms with Gasteiger partial charge in [-0.05, 0) is 49.2 Å². The Morgan fingerprint density at radius 2 is 1.59 bits per heavy atom. The maximum Gasteiger partial charge on any atom is 0.266 e. The fourth-order valence-corrected chi connectivity index (χ4v) is 4.26. The molecule has 0 unspecified atom stereocenters. The smallest absolute Gasteiger partial charge is 0.266 e. The van der Waals surface area contributed by atoms with E-state index in [1.807, 2.05) is 62.4 Å². The molecule has 3 aromatic carbocycles. The van der Waals surface area contributed by atoms with Gasteiger partial charge in [0.25, 0.3) is 5.56 Å². The van der Waals surface area contributed by atoms with Crippen molar-refractivity contribution in [3.8, 4) is 5.69 Å². The number of benzene rings is 3. The molecule has 0 saturated carbocycles. The van der Waals surface area contributed by atoms with Gasteiger partial charge in [-0.3, -0.25) is 14.2 Å². The molecule has 5 heteroatoms. The lowest BCUT2D eigenvalue weighted by Gasteiger charge is -2.14. The van der Waals surface area contributed by atoms with Crippen molar-refractivity contribution in [3.05, 3.63) is 99.8 Å². The number of nitrogens with zero attached hydrogens (tertiary/aromatic N) is 2. The summed E-state index contributed by atoms with van der Waals surface area (Å²) >= 11 is 1.29. The third-order valence-electron chi connectivity index (χ3n) is 4.64. The van der Waals surface area contributed by atoms with Gasteiger partial charge in [0.2, 0.25) is 0 Å². The third kappa shape index (κ3) is 4.00. The summed E-state index contributed by atoms with van der Waals surface area (Å²) in [5.41, 5.74) is 4.05. The van der Waals surface area contributed by atoms with Gasteiger partial charge in [0.15, 0.2) is 10.9 Å². The normalized spacial score (nSPS) is 11.0. The number of aromatic nitrogens is 2. The maximum atomic E-state index is 13.3. The van der Waals surface area contributed by atoms with Crippen LogP contribution in [0.3, 0.4) is 0 Å². The standard InChI is InChI=1S/C24H20N2O2S/c1-16-12-17(2)14-19(13-16)26-23(28)20-10-6-7-11-21(20)25-24(26)29-15-22(27)18-8-4-3-5-9-18/h3-14H,15H2,1-2H3. The summed E-state index contributed by atoms with van der Waals surface area (Å²) in [5, 5.41) is 1.08. The van der Waals surface area contributed by atoms with Crippen LogP contribution in [0.1, 0.15) is 21.5 Å². The summed E-state index contributed by atoms with van der Waals surface area (Å²) in [4.78, 5) is 30.6. The Labute approximate surface area is 173 Å². The quantitative estimate of drug-likeness (QED) is 0.269. The van der Waals surface area contributed by atoms with Crippen molar-refractivity contribution in [2.75, 3.05) is 5.75 Å². The van der Waals surface area contributed by atoms with Crippen LogP contribution in [0.15, 0.2) is 82.7 Å². The largest absolute Gasteiger partial charge is 0.293 e. The molecule has 0 aliphatic heterocycles. The fraction of sp³-hybridized carbons (Fsp3) is 0.125. The zero-order valence-electron chi connectivity index (χ0n) is 16.3. The number of hydrogen-bond donors (Lipinski definition) is 0. The van der Waals surface area contributed by atoms with Crippen LogP contribution in [0.5, 0.6) is 0 Å². The van der Waals surface area contributed by atoms with Gasteiger partial charge in [-0.25, -0.2) is 4.98 Å². The monoisotopic (exact) mass is 400 g/mol. The van der Waals surface area contributed by atoms with Gasteiger partial charge in [0.1, 0.15) is 0 Å². The highest BCUT2D eigenvalue weighted by molar-refractivity contribution is 7.99. The van der Waals surface area contributed by atoms with Gasteiger partial charge in [-0.1, -0.05) is 60.3 Å². The molecule has 0 spiro atoms.